The van der Waals surface area contributed by atoms with E-state index in [9.17, 15) is 0 Å². The third kappa shape index (κ3) is 6.39. The van der Waals surface area contributed by atoms with Gasteiger partial charge in [0.1, 0.15) is 0 Å². The zero-order valence-corrected chi connectivity index (χ0v) is 7.47. The minimum absolute atomic E-state index is 0.503. The van der Waals surface area contributed by atoms with Crippen molar-refractivity contribution in [3.63, 3.8) is 0 Å². The van der Waals surface area contributed by atoms with Crippen LogP contribution in [0, 0.1) is 0 Å². The van der Waals surface area contributed by atoms with Gasteiger partial charge in [0.05, 0.1) is 6.61 Å². The highest BCUT2D eigenvalue weighted by molar-refractivity contribution is 7.40. The van der Waals surface area contributed by atoms with E-state index < -0.39 is 8.60 Å². The maximum atomic E-state index is 8.77. The van der Waals surface area contributed by atoms with E-state index in [1.807, 2.05) is 19.0 Å². The summed E-state index contributed by atoms with van der Waals surface area (Å²) >= 11 is 0. The van der Waals surface area contributed by atoms with Crippen LogP contribution >= 0.6 is 8.60 Å². The molecule has 0 spiro atoms. The van der Waals surface area contributed by atoms with Gasteiger partial charge < -0.3 is 18.8 Å². The smallest absolute Gasteiger partial charge is 0.328 e. The molecule has 0 heterocycles. The highest BCUT2D eigenvalue weighted by Gasteiger charge is 2.01. The van der Waals surface area contributed by atoms with Crippen molar-refractivity contribution in [1.82, 2.24) is 4.90 Å². The summed E-state index contributed by atoms with van der Waals surface area (Å²) in [4.78, 5) is 10.7. The fraction of sp³-hybridized carbons (Fsp3) is 1.00. The van der Waals surface area contributed by atoms with Gasteiger partial charge in [-0.3, -0.25) is 0 Å². The third-order valence-electron chi connectivity index (χ3n) is 0.896. The van der Waals surface area contributed by atoms with Gasteiger partial charge in [0.2, 0.25) is 0 Å². The second-order valence-corrected chi connectivity index (χ2v) is 3.16. The Hall–Kier alpha value is 0.270. The Kier molecular flexibility index (Phi) is 6.17. The van der Waals surface area contributed by atoms with Gasteiger partial charge in [-0.1, -0.05) is 0 Å². The number of nitrogens with zero attached hydrogens (tertiary/aromatic N) is 1. The van der Waals surface area contributed by atoms with Crippen molar-refractivity contribution < 1.29 is 13.9 Å². The Balaban J connectivity index is 3.03. The van der Waals surface area contributed by atoms with Crippen LogP contribution in [0.15, 0.2) is 0 Å². The van der Waals surface area contributed by atoms with Gasteiger partial charge in [-0.2, -0.15) is 0 Å². The molecule has 0 bridgehead atoms. The summed E-state index contributed by atoms with van der Waals surface area (Å²) in [6.07, 6.45) is 0. The quantitative estimate of drug-likeness (QED) is 0.603. The maximum Gasteiger partial charge on any atom is 0.329 e. The zero-order chi connectivity index (χ0) is 7.98. The first kappa shape index (κ1) is 10.3. The molecule has 0 aliphatic heterocycles. The average Bonchev–Trinajstić information content (AvgIpc) is 1.87. The summed E-state index contributed by atoms with van der Waals surface area (Å²) < 4.78 is 9.37. The summed E-state index contributed by atoms with van der Waals surface area (Å²) in [7, 11) is 3.66. The van der Waals surface area contributed by atoms with Crippen molar-refractivity contribution >= 4 is 8.60 Å². The summed E-state index contributed by atoms with van der Waals surface area (Å²) in [5.41, 5.74) is 0. The lowest BCUT2D eigenvalue weighted by molar-refractivity contribution is 0.207. The molecule has 0 radical (unpaired) electrons. The van der Waals surface area contributed by atoms with Crippen LogP contribution in [0.1, 0.15) is 0 Å². The molecule has 0 aliphatic rings. The second-order valence-electron chi connectivity index (χ2n) is 2.06. The van der Waals surface area contributed by atoms with Crippen LogP contribution in [0.4, 0.5) is 0 Å². The molecule has 0 aromatic carbocycles. The molecule has 0 aliphatic carbocycles. The molecular formula is C5H14NO3P. The molecule has 0 amide bonds. The lowest BCUT2D eigenvalue weighted by Crippen LogP contribution is -2.17. The lowest BCUT2D eigenvalue weighted by atomic mass is 10.6. The first-order valence-electron chi connectivity index (χ1n) is 2.97. The van der Waals surface area contributed by atoms with Gasteiger partial charge in [-0.25, -0.2) is 0 Å². The minimum Gasteiger partial charge on any atom is -0.328 e. The van der Waals surface area contributed by atoms with Crippen LogP contribution in [-0.2, 0) is 9.05 Å². The highest BCUT2D eigenvalue weighted by Crippen LogP contribution is 2.30. The van der Waals surface area contributed by atoms with Gasteiger partial charge in [-0.15, -0.1) is 0 Å². The van der Waals surface area contributed by atoms with Gasteiger partial charge in [0, 0.05) is 13.7 Å². The molecule has 0 fully saturated rings. The summed E-state index contributed by atoms with van der Waals surface area (Å²) in [5.74, 6) is 0. The molecule has 5 heteroatoms. The van der Waals surface area contributed by atoms with Gasteiger partial charge in [0.25, 0.3) is 0 Å². The van der Waals surface area contributed by atoms with Crippen molar-refractivity contribution in [3.05, 3.63) is 0 Å². The molecule has 4 nitrogen and oxygen atoms in total. The molecule has 1 atom stereocenters. The maximum absolute atomic E-state index is 8.77. The summed E-state index contributed by atoms with van der Waals surface area (Å²) in [5, 5.41) is 0. The first-order chi connectivity index (χ1) is 4.66. The van der Waals surface area contributed by atoms with E-state index >= 15 is 0 Å². The first-order valence-corrected chi connectivity index (χ1v) is 4.10. The fourth-order valence-electron chi connectivity index (χ4n) is 0.354. The molecule has 0 aromatic heterocycles. The standard InChI is InChI=1S/C5H14NO3P/c1-6(2)4-5-9-10(7)8-3/h7H,4-5H2,1-3H3. The summed E-state index contributed by atoms with van der Waals surface area (Å²) in [6.45, 7) is 1.30. The highest BCUT2D eigenvalue weighted by atomic mass is 31.2. The second kappa shape index (κ2) is 6.01. The van der Waals surface area contributed by atoms with Crippen LogP contribution in [0.3, 0.4) is 0 Å². The molecular weight excluding hydrogens is 153 g/mol. The molecule has 0 saturated heterocycles. The SMILES string of the molecule is COP(O)OCCN(C)C. The van der Waals surface area contributed by atoms with Crippen LogP contribution in [0.2, 0.25) is 0 Å². The normalized spacial score (nSPS) is 14.1. The topological polar surface area (TPSA) is 41.9 Å². The number of rotatable bonds is 5. The molecule has 0 saturated carbocycles. The number of hydrogen-bond acceptors (Lipinski definition) is 4. The van der Waals surface area contributed by atoms with E-state index in [2.05, 4.69) is 4.52 Å². The van der Waals surface area contributed by atoms with Gasteiger partial charge >= 0.3 is 8.60 Å². The van der Waals surface area contributed by atoms with Crippen molar-refractivity contribution in [2.75, 3.05) is 34.4 Å². The van der Waals surface area contributed by atoms with E-state index in [1.54, 1.807) is 0 Å². The Bertz CT molecular complexity index is 81.3. The monoisotopic (exact) mass is 167 g/mol. The lowest BCUT2D eigenvalue weighted by Gasteiger charge is -2.10. The van der Waals surface area contributed by atoms with E-state index in [-0.39, 0.29) is 0 Å². The largest absolute Gasteiger partial charge is 0.329 e. The molecule has 1 unspecified atom stereocenters. The zero-order valence-electron chi connectivity index (χ0n) is 6.57. The summed E-state index contributed by atoms with van der Waals surface area (Å²) in [6, 6.07) is 0. The number of likely N-dealkylation sites (N-methyl/N-ethyl adjacent to an activating group) is 1. The van der Waals surface area contributed by atoms with E-state index in [1.165, 1.54) is 7.11 Å². The van der Waals surface area contributed by atoms with Crippen LogP contribution < -0.4 is 0 Å². The minimum atomic E-state index is -1.64. The molecule has 1 N–H and O–H groups in total. The predicted octanol–water partition coefficient (Wildman–Crippen LogP) is 0.430. The molecule has 0 rings (SSSR count). The number of hydrogen-bond donors (Lipinski definition) is 1. The average molecular weight is 167 g/mol. The third-order valence-corrected chi connectivity index (χ3v) is 1.61. The van der Waals surface area contributed by atoms with E-state index in [0.717, 1.165) is 6.54 Å². The Morgan fingerprint density at radius 2 is 2.10 bits per heavy atom. The van der Waals surface area contributed by atoms with Crippen LogP contribution in [0.25, 0.3) is 0 Å². The van der Waals surface area contributed by atoms with Crippen molar-refractivity contribution in [2.45, 2.75) is 0 Å². The molecule has 10 heavy (non-hydrogen) atoms. The predicted molar refractivity (Wildman–Crippen MR) is 40.7 cm³/mol. The van der Waals surface area contributed by atoms with Crippen LogP contribution in [0.5, 0.6) is 0 Å². The van der Waals surface area contributed by atoms with E-state index in [4.69, 9.17) is 9.42 Å². The molecule has 62 valence electrons. The van der Waals surface area contributed by atoms with E-state index in [0.29, 0.717) is 6.61 Å². The Morgan fingerprint density at radius 3 is 2.50 bits per heavy atom. The Morgan fingerprint density at radius 1 is 1.50 bits per heavy atom. The Labute approximate surface area is 62.7 Å². The molecule has 0 aromatic rings. The van der Waals surface area contributed by atoms with Crippen LogP contribution in [-0.4, -0.2) is 44.2 Å². The van der Waals surface area contributed by atoms with Crippen molar-refractivity contribution in [1.29, 1.82) is 0 Å². The van der Waals surface area contributed by atoms with Crippen molar-refractivity contribution in [2.24, 2.45) is 0 Å². The van der Waals surface area contributed by atoms with Gasteiger partial charge in [-0.05, 0) is 14.1 Å². The fourth-order valence-corrected chi connectivity index (χ4v) is 0.697. The van der Waals surface area contributed by atoms with Gasteiger partial charge in [0.15, 0.2) is 0 Å². The van der Waals surface area contributed by atoms with Crippen molar-refractivity contribution in [3.8, 4) is 0 Å².